The summed E-state index contributed by atoms with van der Waals surface area (Å²) >= 11 is 3.45. The molecule has 5 heteroatoms. The van der Waals surface area contributed by atoms with Gasteiger partial charge in [0.15, 0.2) is 0 Å². The second-order valence-corrected chi connectivity index (χ2v) is 6.26. The van der Waals surface area contributed by atoms with E-state index in [1.165, 1.54) is 0 Å². The van der Waals surface area contributed by atoms with E-state index < -0.39 is 5.41 Å². The number of amides is 1. The maximum absolute atomic E-state index is 12.6. The van der Waals surface area contributed by atoms with Crippen molar-refractivity contribution in [1.29, 1.82) is 0 Å². The average molecular weight is 341 g/mol. The first kappa shape index (κ1) is 15.5. The van der Waals surface area contributed by atoms with Crippen molar-refractivity contribution in [3.8, 4) is 0 Å². The molecular formula is C15H21BrN2O2. The molecule has 1 atom stereocenters. The summed E-state index contributed by atoms with van der Waals surface area (Å²) in [5, 5.41) is 3.09. The van der Waals surface area contributed by atoms with Crippen LogP contribution in [0.4, 0.5) is 0 Å². The Morgan fingerprint density at radius 1 is 1.50 bits per heavy atom. The molecule has 1 aliphatic rings. The minimum absolute atomic E-state index is 0.0359. The topological polar surface area (TPSA) is 64.4 Å². The zero-order valence-electron chi connectivity index (χ0n) is 11.7. The highest BCUT2D eigenvalue weighted by atomic mass is 79.9. The first-order chi connectivity index (χ1) is 9.57. The molecule has 0 spiro atoms. The highest BCUT2D eigenvalue weighted by molar-refractivity contribution is 9.10. The van der Waals surface area contributed by atoms with E-state index in [1.807, 2.05) is 31.2 Å². The number of carbonyl (C=O) groups is 1. The van der Waals surface area contributed by atoms with Gasteiger partial charge in [0.2, 0.25) is 5.91 Å². The normalized spacial score (nSPS) is 19.4. The van der Waals surface area contributed by atoms with Gasteiger partial charge in [0.1, 0.15) is 0 Å². The van der Waals surface area contributed by atoms with E-state index in [4.69, 9.17) is 10.5 Å². The van der Waals surface area contributed by atoms with E-state index in [9.17, 15) is 4.79 Å². The predicted molar refractivity (Wildman–Crippen MR) is 82.2 cm³/mol. The van der Waals surface area contributed by atoms with Gasteiger partial charge < -0.3 is 15.8 Å². The molecule has 0 saturated carbocycles. The van der Waals surface area contributed by atoms with E-state index >= 15 is 0 Å². The maximum Gasteiger partial charge on any atom is 0.228 e. The third kappa shape index (κ3) is 3.40. The molecule has 0 unspecified atom stereocenters. The Morgan fingerprint density at radius 2 is 2.20 bits per heavy atom. The molecule has 1 heterocycles. The van der Waals surface area contributed by atoms with Crippen molar-refractivity contribution in [3.05, 3.63) is 34.3 Å². The second-order valence-electron chi connectivity index (χ2n) is 5.35. The Labute approximate surface area is 128 Å². The van der Waals surface area contributed by atoms with Crippen molar-refractivity contribution in [2.24, 2.45) is 11.1 Å². The standard InChI is InChI=1S/C15H21BrN2O2/c1-11(12-3-2-4-13(16)9-12)18-14(19)15(10-17)5-7-20-8-6-15/h2-4,9,11H,5-8,10,17H2,1H3,(H,18,19)/t11-/m0/s1. The highest BCUT2D eigenvalue weighted by Crippen LogP contribution is 2.30. The van der Waals surface area contributed by atoms with Crippen molar-refractivity contribution in [1.82, 2.24) is 5.32 Å². The minimum Gasteiger partial charge on any atom is -0.381 e. The summed E-state index contributed by atoms with van der Waals surface area (Å²) in [6.45, 7) is 3.57. The van der Waals surface area contributed by atoms with Crippen molar-refractivity contribution in [2.45, 2.75) is 25.8 Å². The minimum atomic E-state index is -0.474. The van der Waals surface area contributed by atoms with Crippen molar-refractivity contribution in [2.75, 3.05) is 19.8 Å². The summed E-state index contributed by atoms with van der Waals surface area (Å²) in [4.78, 5) is 12.6. The molecule has 1 amide bonds. The molecule has 0 bridgehead atoms. The van der Waals surface area contributed by atoms with E-state index in [1.54, 1.807) is 0 Å². The lowest BCUT2D eigenvalue weighted by atomic mass is 9.79. The Morgan fingerprint density at radius 3 is 2.80 bits per heavy atom. The number of rotatable bonds is 4. The molecule has 2 rings (SSSR count). The van der Waals surface area contributed by atoms with Gasteiger partial charge in [0.05, 0.1) is 11.5 Å². The van der Waals surface area contributed by atoms with Gasteiger partial charge in [-0.05, 0) is 37.5 Å². The smallest absolute Gasteiger partial charge is 0.228 e. The number of nitrogens with one attached hydrogen (secondary N) is 1. The Balaban J connectivity index is 2.06. The van der Waals surface area contributed by atoms with Crippen LogP contribution < -0.4 is 11.1 Å². The van der Waals surface area contributed by atoms with Gasteiger partial charge in [-0.15, -0.1) is 0 Å². The number of carbonyl (C=O) groups excluding carboxylic acids is 1. The molecule has 0 radical (unpaired) electrons. The largest absolute Gasteiger partial charge is 0.381 e. The maximum atomic E-state index is 12.6. The van der Waals surface area contributed by atoms with Crippen LogP contribution in [0.5, 0.6) is 0 Å². The molecule has 1 aromatic rings. The third-order valence-electron chi connectivity index (χ3n) is 4.02. The quantitative estimate of drug-likeness (QED) is 0.884. The van der Waals surface area contributed by atoms with Crippen LogP contribution in [0, 0.1) is 5.41 Å². The van der Waals surface area contributed by atoms with Gasteiger partial charge in [0.25, 0.3) is 0 Å². The fraction of sp³-hybridized carbons (Fsp3) is 0.533. The third-order valence-corrected chi connectivity index (χ3v) is 4.51. The van der Waals surface area contributed by atoms with Crippen molar-refractivity contribution < 1.29 is 9.53 Å². The Hall–Kier alpha value is -0.910. The van der Waals surface area contributed by atoms with Gasteiger partial charge in [-0.25, -0.2) is 0 Å². The molecule has 1 aliphatic heterocycles. The van der Waals surface area contributed by atoms with Crippen LogP contribution in [-0.2, 0) is 9.53 Å². The van der Waals surface area contributed by atoms with Crippen LogP contribution in [0.1, 0.15) is 31.4 Å². The van der Waals surface area contributed by atoms with Gasteiger partial charge in [-0.3, -0.25) is 4.79 Å². The van der Waals surface area contributed by atoms with Gasteiger partial charge in [0, 0.05) is 24.2 Å². The molecule has 4 nitrogen and oxygen atoms in total. The SMILES string of the molecule is C[C@H](NC(=O)C1(CN)CCOCC1)c1cccc(Br)c1. The summed E-state index contributed by atoms with van der Waals surface area (Å²) in [6.07, 6.45) is 1.39. The Kier molecular flexibility index (Phi) is 5.18. The average Bonchev–Trinajstić information content (AvgIpc) is 2.47. The predicted octanol–water partition coefficient (Wildman–Crippen LogP) is 2.38. The first-order valence-corrected chi connectivity index (χ1v) is 7.71. The van der Waals surface area contributed by atoms with E-state index in [0.29, 0.717) is 32.6 Å². The van der Waals surface area contributed by atoms with Crippen LogP contribution in [0.2, 0.25) is 0 Å². The van der Waals surface area contributed by atoms with Crippen molar-refractivity contribution >= 4 is 21.8 Å². The second kappa shape index (κ2) is 6.70. The lowest BCUT2D eigenvalue weighted by Crippen LogP contribution is -2.49. The molecular weight excluding hydrogens is 320 g/mol. The van der Waals surface area contributed by atoms with Gasteiger partial charge in [-0.2, -0.15) is 0 Å². The monoisotopic (exact) mass is 340 g/mol. The van der Waals surface area contributed by atoms with Crippen LogP contribution in [-0.4, -0.2) is 25.7 Å². The molecule has 0 aromatic heterocycles. The molecule has 3 N–H and O–H groups in total. The number of nitrogens with two attached hydrogens (primary N) is 1. The molecule has 0 aliphatic carbocycles. The summed E-state index contributed by atoms with van der Waals surface area (Å²) < 4.78 is 6.35. The summed E-state index contributed by atoms with van der Waals surface area (Å²) in [7, 11) is 0. The van der Waals surface area contributed by atoms with Gasteiger partial charge >= 0.3 is 0 Å². The number of ether oxygens (including phenoxy) is 1. The van der Waals surface area contributed by atoms with Crippen molar-refractivity contribution in [3.63, 3.8) is 0 Å². The van der Waals surface area contributed by atoms with Crippen LogP contribution in [0.3, 0.4) is 0 Å². The van der Waals surface area contributed by atoms with E-state index in [2.05, 4.69) is 21.2 Å². The Bertz CT molecular complexity index is 473. The van der Waals surface area contributed by atoms with E-state index in [0.717, 1.165) is 10.0 Å². The zero-order valence-corrected chi connectivity index (χ0v) is 13.3. The first-order valence-electron chi connectivity index (χ1n) is 6.92. The molecule has 1 saturated heterocycles. The van der Waals surface area contributed by atoms with Gasteiger partial charge in [-0.1, -0.05) is 28.1 Å². The van der Waals surface area contributed by atoms with Crippen LogP contribution >= 0.6 is 15.9 Å². The summed E-state index contributed by atoms with van der Waals surface area (Å²) in [5.41, 5.74) is 6.46. The summed E-state index contributed by atoms with van der Waals surface area (Å²) in [5.74, 6) is 0.0378. The molecule has 20 heavy (non-hydrogen) atoms. The molecule has 1 fully saturated rings. The molecule has 1 aromatic carbocycles. The molecule has 110 valence electrons. The fourth-order valence-corrected chi connectivity index (χ4v) is 2.91. The lowest BCUT2D eigenvalue weighted by Gasteiger charge is -2.35. The summed E-state index contributed by atoms with van der Waals surface area (Å²) in [6, 6.07) is 7.93. The number of benzene rings is 1. The number of hydrogen-bond acceptors (Lipinski definition) is 3. The van der Waals surface area contributed by atoms with E-state index in [-0.39, 0.29) is 11.9 Å². The van der Waals surface area contributed by atoms with Crippen LogP contribution in [0.15, 0.2) is 28.7 Å². The fourth-order valence-electron chi connectivity index (χ4n) is 2.50. The number of halogens is 1. The lowest BCUT2D eigenvalue weighted by molar-refractivity contribution is -0.136. The number of hydrogen-bond donors (Lipinski definition) is 2. The zero-order chi connectivity index (χ0) is 14.6. The highest BCUT2D eigenvalue weighted by Gasteiger charge is 2.39. The van der Waals surface area contributed by atoms with Crippen LogP contribution in [0.25, 0.3) is 0 Å².